The molecule has 0 atom stereocenters. The van der Waals surface area contributed by atoms with Gasteiger partial charge in [-0.05, 0) is 62.7 Å². The maximum absolute atomic E-state index is 13.5. The van der Waals surface area contributed by atoms with Crippen molar-refractivity contribution >= 4 is 44.9 Å². The third kappa shape index (κ3) is 4.42. The molecule has 0 radical (unpaired) electrons. The minimum atomic E-state index is -0.177. The predicted molar refractivity (Wildman–Crippen MR) is 132 cm³/mol. The highest BCUT2D eigenvalue weighted by Gasteiger charge is 2.19. The molecule has 164 valence electrons. The average Bonchev–Trinajstić information content (AvgIpc) is 3.07. The monoisotopic (exact) mass is 465 g/mol. The molecule has 1 N–H and O–H groups in total. The number of amides is 1. The number of benzene rings is 2. The summed E-state index contributed by atoms with van der Waals surface area (Å²) in [5.41, 5.74) is 3.36. The lowest BCUT2D eigenvalue weighted by atomic mass is 10.2. The molecule has 0 aliphatic carbocycles. The number of aromatic nitrogens is 2. The number of nitrogens with zero attached hydrogens (tertiary/aromatic N) is 2. The first-order valence-corrected chi connectivity index (χ1v) is 11.8. The van der Waals surface area contributed by atoms with E-state index in [0.29, 0.717) is 21.1 Å². The minimum absolute atomic E-state index is 0.112. The largest absolute Gasteiger partial charge is 0.497 e. The zero-order valence-corrected chi connectivity index (χ0v) is 19.9. The van der Waals surface area contributed by atoms with E-state index in [-0.39, 0.29) is 17.2 Å². The van der Waals surface area contributed by atoms with Crippen molar-refractivity contribution in [2.24, 2.45) is 0 Å². The Hall–Kier alpha value is -3.10. The summed E-state index contributed by atoms with van der Waals surface area (Å²) >= 11 is 2.75. The van der Waals surface area contributed by atoms with E-state index in [1.807, 2.05) is 45.0 Å². The molecule has 0 saturated carbocycles. The number of carbonyl (C=O) groups excluding carboxylic acids is 1. The van der Waals surface area contributed by atoms with Crippen molar-refractivity contribution in [2.75, 3.05) is 18.2 Å². The number of hydrogen-bond acceptors (Lipinski definition) is 6. The number of anilines is 1. The molecule has 0 saturated heterocycles. The molecule has 4 rings (SSSR count). The third-order valence-electron chi connectivity index (χ3n) is 5.17. The van der Waals surface area contributed by atoms with Crippen molar-refractivity contribution in [1.29, 1.82) is 0 Å². The molecule has 32 heavy (non-hydrogen) atoms. The van der Waals surface area contributed by atoms with Crippen LogP contribution in [-0.4, -0.2) is 28.3 Å². The van der Waals surface area contributed by atoms with Crippen LogP contribution in [0.25, 0.3) is 15.9 Å². The zero-order chi connectivity index (χ0) is 22.8. The zero-order valence-electron chi connectivity index (χ0n) is 18.3. The van der Waals surface area contributed by atoms with Gasteiger partial charge in [0.2, 0.25) is 5.91 Å². The Morgan fingerprint density at radius 3 is 2.44 bits per heavy atom. The fourth-order valence-electron chi connectivity index (χ4n) is 3.30. The summed E-state index contributed by atoms with van der Waals surface area (Å²) in [4.78, 5) is 32.6. The summed E-state index contributed by atoms with van der Waals surface area (Å²) in [5.74, 6) is 0.668. The molecule has 8 heteroatoms. The van der Waals surface area contributed by atoms with Gasteiger partial charge in [-0.15, -0.1) is 11.3 Å². The molecule has 2 aromatic heterocycles. The number of aryl methyl sites for hydroxylation is 3. The lowest BCUT2D eigenvalue weighted by molar-refractivity contribution is -0.113. The summed E-state index contributed by atoms with van der Waals surface area (Å²) in [6, 6.07) is 14.9. The number of thiophene rings is 1. The van der Waals surface area contributed by atoms with Crippen molar-refractivity contribution < 1.29 is 9.53 Å². The third-order valence-corrected chi connectivity index (χ3v) is 7.21. The first-order valence-electron chi connectivity index (χ1n) is 10.0. The van der Waals surface area contributed by atoms with Gasteiger partial charge in [-0.3, -0.25) is 14.2 Å². The fourth-order valence-corrected chi connectivity index (χ4v) is 5.18. The number of ether oxygens (including phenoxy) is 1. The van der Waals surface area contributed by atoms with Crippen LogP contribution in [0.5, 0.6) is 5.75 Å². The lowest BCUT2D eigenvalue weighted by Gasteiger charge is -2.13. The van der Waals surface area contributed by atoms with Gasteiger partial charge >= 0.3 is 0 Å². The Morgan fingerprint density at radius 1 is 1.09 bits per heavy atom. The predicted octanol–water partition coefficient (Wildman–Crippen LogP) is 5.11. The van der Waals surface area contributed by atoms with Crippen LogP contribution in [0.4, 0.5) is 5.69 Å². The van der Waals surface area contributed by atoms with E-state index < -0.39 is 0 Å². The molecule has 0 aliphatic rings. The highest BCUT2D eigenvalue weighted by Crippen LogP contribution is 2.29. The maximum Gasteiger partial charge on any atom is 0.267 e. The average molecular weight is 466 g/mol. The topological polar surface area (TPSA) is 73.2 Å². The summed E-state index contributed by atoms with van der Waals surface area (Å²) < 4.78 is 6.75. The number of methoxy groups -OCH3 is 1. The van der Waals surface area contributed by atoms with Crippen molar-refractivity contribution in [3.63, 3.8) is 0 Å². The van der Waals surface area contributed by atoms with Crippen LogP contribution in [0.15, 0.2) is 58.5 Å². The molecular weight excluding hydrogens is 442 g/mol. The minimum Gasteiger partial charge on any atom is -0.497 e. The SMILES string of the molecule is COc1ccc(NC(=O)CSc2nc3sc(C)c(C)c3c(=O)n2-c2ccc(C)cc2)cc1. The van der Waals surface area contributed by atoms with Crippen LogP contribution in [0.3, 0.4) is 0 Å². The molecule has 0 fully saturated rings. The normalized spacial score (nSPS) is 11.0. The summed E-state index contributed by atoms with van der Waals surface area (Å²) in [6.45, 7) is 5.94. The van der Waals surface area contributed by atoms with Crippen LogP contribution >= 0.6 is 23.1 Å². The number of carbonyl (C=O) groups is 1. The Morgan fingerprint density at radius 2 is 1.78 bits per heavy atom. The molecule has 1 amide bonds. The van der Waals surface area contributed by atoms with Crippen LogP contribution in [0.2, 0.25) is 0 Å². The number of nitrogens with one attached hydrogen (secondary N) is 1. The van der Waals surface area contributed by atoms with Crippen molar-refractivity contribution in [3.05, 3.63) is 74.9 Å². The van der Waals surface area contributed by atoms with Gasteiger partial charge in [0.1, 0.15) is 10.6 Å². The molecular formula is C24H23N3O3S2. The number of rotatable bonds is 6. The number of thioether (sulfide) groups is 1. The lowest BCUT2D eigenvalue weighted by Crippen LogP contribution is -2.22. The second kappa shape index (κ2) is 9.18. The molecule has 0 unspecified atom stereocenters. The van der Waals surface area contributed by atoms with Crippen LogP contribution in [0.1, 0.15) is 16.0 Å². The van der Waals surface area contributed by atoms with Crippen LogP contribution < -0.4 is 15.6 Å². The van der Waals surface area contributed by atoms with E-state index >= 15 is 0 Å². The smallest absolute Gasteiger partial charge is 0.267 e. The molecule has 0 aliphatic heterocycles. The van der Waals surface area contributed by atoms with Gasteiger partial charge in [0.05, 0.1) is 23.9 Å². The van der Waals surface area contributed by atoms with Crippen molar-refractivity contribution in [1.82, 2.24) is 9.55 Å². The van der Waals surface area contributed by atoms with E-state index in [0.717, 1.165) is 27.4 Å². The summed E-state index contributed by atoms with van der Waals surface area (Å²) in [6.07, 6.45) is 0. The summed E-state index contributed by atoms with van der Waals surface area (Å²) in [7, 11) is 1.60. The van der Waals surface area contributed by atoms with Gasteiger partial charge in [0.15, 0.2) is 5.16 Å². The molecule has 6 nitrogen and oxygen atoms in total. The van der Waals surface area contributed by atoms with E-state index in [4.69, 9.17) is 9.72 Å². The first kappa shape index (κ1) is 22.1. The second-order valence-electron chi connectivity index (χ2n) is 7.40. The second-order valence-corrected chi connectivity index (χ2v) is 9.54. The Bertz CT molecular complexity index is 1340. The van der Waals surface area contributed by atoms with Crippen LogP contribution in [0, 0.1) is 20.8 Å². The molecule has 0 spiro atoms. The quantitative estimate of drug-likeness (QED) is 0.316. The Kier molecular flexibility index (Phi) is 6.34. The van der Waals surface area contributed by atoms with Crippen LogP contribution in [-0.2, 0) is 4.79 Å². The molecule has 4 aromatic rings. The molecule has 2 heterocycles. The Labute approximate surface area is 194 Å². The van der Waals surface area contributed by atoms with E-state index in [2.05, 4.69) is 5.32 Å². The maximum atomic E-state index is 13.5. The van der Waals surface area contributed by atoms with Crippen molar-refractivity contribution in [2.45, 2.75) is 25.9 Å². The van der Waals surface area contributed by atoms with E-state index in [9.17, 15) is 9.59 Å². The number of fused-ring (bicyclic) bond motifs is 1. The Balaban J connectivity index is 1.66. The summed E-state index contributed by atoms with van der Waals surface area (Å²) in [5, 5.41) is 4.00. The first-order chi connectivity index (χ1) is 15.4. The van der Waals surface area contributed by atoms with Gasteiger partial charge in [-0.25, -0.2) is 4.98 Å². The van der Waals surface area contributed by atoms with Gasteiger partial charge in [0.25, 0.3) is 5.56 Å². The molecule has 0 bridgehead atoms. The van der Waals surface area contributed by atoms with Gasteiger partial charge < -0.3 is 10.1 Å². The van der Waals surface area contributed by atoms with E-state index in [1.165, 1.54) is 23.1 Å². The van der Waals surface area contributed by atoms with Crippen molar-refractivity contribution in [3.8, 4) is 11.4 Å². The standard InChI is InChI=1S/C24H23N3O3S2/c1-14-5-9-18(10-6-14)27-23(29)21-15(2)16(3)32-22(21)26-24(27)31-13-20(28)25-17-7-11-19(30-4)12-8-17/h5-12H,13H2,1-4H3,(H,25,28). The highest BCUT2D eigenvalue weighted by atomic mass is 32.2. The van der Waals surface area contributed by atoms with E-state index in [1.54, 1.807) is 35.9 Å². The molecule has 2 aromatic carbocycles. The van der Waals surface area contributed by atoms with Gasteiger partial charge in [-0.2, -0.15) is 0 Å². The van der Waals surface area contributed by atoms with Gasteiger partial charge in [-0.1, -0.05) is 29.5 Å². The number of hydrogen-bond donors (Lipinski definition) is 1. The fraction of sp³-hybridized carbons (Fsp3) is 0.208. The highest BCUT2D eigenvalue weighted by molar-refractivity contribution is 7.99. The van der Waals surface area contributed by atoms with Gasteiger partial charge in [0, 0.05) is 10.6 Å².